The molecule has 6 heteroatoms. The molecule has 0 aromatic carbocycles. The maximum atomic E-state index is 11.1. The van der Waals surface area contributed by atoms with E-state index in [0.29, 0.717) is 5.82 Å². The molecule has 3 N–H and O–H groups in total. The third kappa shape index (κ3) is 3.51. The van der Waals surface area contributed by atoms with Gasteiger partial charge in [0, 0.05) is 29.8 Å². The number of aromatic nitrogens is 3. The van der Waals surface area contributed by atoms with Crippen molar-refractivity contribution >= 4 is 17.2 Å². The van der Waals surface area contributed by atoms with Gasteiger partial charge in [0.2, 0.25) is 5.91 Å². The Labute approximate surface area is 124 Å². The van der Waals surface area contributed by atoms with Crippen LogP contribution in [0.15, 0.2) is 18.5 Å². The molecule has 0 atom stereocenters. The van der Waals surface area contributed by atoms with E-state index in [2.05, 4.69) is 36.2 Å². The summed E-state index contributed by atoms with van der Waals surface area (Å²) in [5, 5.41) is 7.87. The average Bonchev–Trinajstić information content (AvgIpc) is 2.70. The first-order valence-electron chi connectivity index (χ1n) is 7.00. The predicted octanol–water partition coefficient (Wildman–Crippen LogP) is 2.09. The normalized spacial score (nSPS) is 12.6. The van der Waals surface area contributed by atoms with E-state index in [1.54, 1.807) is 10.7 Å². The van der Waals surface area contributed by atoms with Gasteiger partial charge in [-0.05, 0) is 19.9 Å². The van der Waals surface area contributed by atoms with Crippen LogP contribution in [0.3, 0.4) is 0 Å². The van der Waals surface area contributed by atoms with E-state index in [1.807, 2.05) is 26.1 Å². The van der Waals surface area contributed by atoms with E-state index in [0.717, 1.165) is 11.2 Å². The van der Waals surface area contributed by atoms with Gasteiger partial charge in [-0.1, -0.05) is 20.8 Å². The van der Waals surface area contributed by atoms with Crippen LogP contribution in [0.2, 0.25) is 0 Å². The van der Waals surface area contributed by atoms with Crippen LogP contribution in [-0.4, -0.2) is 26.0 Å². The Morgan fingerprint density at radius 3 is 2.57 bits per heavy atom. The predicted molar refractivity (Wildman–Crippen MR) is 83.2 cm³/mol. The SMILES string of the molecule is CC(C)(CC(N)=O)Nc1nccn2nc(C(C)(C)C)cc12. The Kier molecular flexibility index (Phi) is 3.65. The Hall–Kier alpha value is -2.11. The summed E-state index contributed by atoms with van der Waals surface area (Å²) in [5.41, 5.74) is 6.67. The first-order valence-corrected chi connectivity index (χ1v) is 7.00. The molecule has 0 spiro atoms. The van der Waals surface area contributed by atoms with E-state index >= 15 is 0 Å². The summed E-state index contributed by atoms with van der Waals surface area (Å²) < 4.78 is 1.80. The highest BCUT2D eigenvalue weighted by molar-refractivity contribution is 5.76. The van der Waals surface area contributed by atoms with Crippen molar-refractivity contribution in [2.45, 2.75) is 52.0 Å². The van der Waals surface area contributed by atoms with Gasteiger partial charge < -0.3 is 11.1 Å². The van der Waals surface area contributed by atoms with Gasteiger partial charge in [0.15, 0.2) is 5.82 Å². The number of hydrogen-bond acceptors (Lipinski definition) is 4. The fourth-order valence-corrected chi connectivity index (χ4v) is 2.19. The van der Waals surface area contributed by atoms with Crippen LogP contribution in [0.4, 0.5) is 5.82 Å². The number of amides is 1. The molecule has 0 unspecified atom stereocenters. The summed E-state index contributed by atoms with van der Waals surface area (Å²) >= 11 is 0. The highest BCUT2D eigenvalue weighted by Gasteiger charge is 2.24. The van der Waals surface area contributed by atoms with E-state index < -0.39 is 5.54 Å². The third-order valence-electron chi connectivity index (χ3n) is 3.23. The summed E-state index contributed by atoms with van der Waals surface area (Å²) in [4.78, 5) is 15.5. The zero-order valence-corrected chi connectivity index (χ0v) is 13.3. The first-order chi connectivity index (χ1) is 9.58. The van der Waals surface area contributed by atoms with Gasteiger partial charge in [0.05, 0.1) is 5.69 Å². The van der Waals surface area contributed by atoms with Gasteiger partial charge in [0.1, 0.15) is 5.52 Å². The minimum Gasteiger partial charge on any atom is -0.370 e. The van der Waals surface area contributed by atoms with Gasteiger partial charge in [-0.25, -0.2) is 9.50 Å². The second-order valence-electron chi connectivity index (χ2n) is 7.04. The molecule has 0 aliphatic rings. The molecule has 0 aliphatic heterocycles. The molecule has 6 nitrogen and oxygen atoms in total. The molecule has 2 aromatic rings. The molecule has 2 heterocycles. The number of anilines is 1. The molecule has 0 bridgehead atoms. The molecular formula is C15H23N5O. The summed E-state index contributed by atoms with van der Waals surface area (Å²) in [7, 11) is 0. The number of nitrogens with one attached hydrogen (secondary N) is 1. The zero-order chi connectivity index (χ0) is 15.8. The number of fused-ring (bicyclic) bond motifs is 1. The van der Waals surface area contributed by atoms with Crippen molar-refractivity contribution < 1.29 is 4.79 Å². The Bertz CT molecular complexity index is 666. The molecule has 1 amide bonds. The lowest BCUT2D eigenvalue weighted by atomic mass is 9.92. The summed E-state index contributed by atoms with van der Waals surface area (Å²) in [6.45, 7) is 10.2. The molecular weight excluding hydrogens is 266 g/mol. The van der Waals surface area contributed by atoms with Crippen LogP contribution in [0.1, 0.15) is 46.7 Å². The number of nitrogens with zero attached hydrogens (tertiary/aromatic N) is 3. The van der Waals surface area contributed by atoms with Crippen molar-refractivity contribution in [3.05, 3.63) is 24.2 Å². The van der Waals surface area contributed by atoms with Crippen LogP contribution in [0, 0.1) is 0 Å². The lowest BCUT2D eigenvalue weighted by Gasteiger charge is -2.25. The van der Waals surface area contributed by atoms with E-state index in [1.165, 1.54) is 0 Å². The molecule has 0 saturated heterocycles. The molecule has 0 radical (unpaired) electrons. The van der Waals surface area contributed by atoms with Crippen molar-refractivity contribution in [2.75, 3.05) is 5.32 Å². The highest BCUT2D eigenvalue weighted by atomic mass is 16.1. The molecule has 0 saturated carbocycles. The van der Waals surface area contributed by atoms with Crippen LogP contribution >= 0.6 is 0 Å². The zero-order valence-electron chi connectivity index (χ0n) is 13.3. The number of primary amides is 1. The molecule has 2 rings (SSSR count). The molecule has 0 aliphatic carbocycles. The number of carbonyl (C=O) groups excluding carboxylic acids is 1. The van der Waals surface area contributed by atoms with Crippen LogP contribution in [0.5, 0.6) is 0 Å². The minimum atomic E-state index is -0.465. The number of nitrogens with two attached hydrogens (primary N) is 1. The average molecular weight is 289 g/mol. The van der Waals surface area contributed by atoms with Crippen molar-refractivity contribution in [1.29, 1.82) is 0 Å². The van der Waals surface area contributed by atoms with Crippen molar-refractivity contribution in [3.63, 3.8) is 0 Å². The number of rotatable bonds is 4. The van der Waals surface area contributed by atoms with Crippen molar-refractivity contribution in [3.8, 4) is 0 Å². The molecule has 0 fully saturated rings. The molecule has 21 heavy (non-hydrogen) atoms. The Morgan fingerprint density at radius 2 is 2.00 bits per heavy atom. The van der Waals surface area contributed by atoms with Crippen molar-refractivity contribution in [1.82, 2.24) is 14.6 Å². The summed E-state index contributed by atoms with van der Waals surface area (Å²) in [6, 6.07) is 2.02. The highest BCUT2D eigenvalue weighted by Crippen LogP contribution is 2.26. The second kappa shape index (κ2) is 5.02. The Balaban J connectivity index is 2.41. The van der Waals surface area contributed by atoms with Gasteiger partial charge in [0.25, 0.3) is 0 Å². The topological polar surface area (TPSA) is 85.3 Å². The fourth-order valence-electron chi connectivity index (χ4n) is 2.19. The van der Waals surface area contributed by atoms with E-state index in [-0.39, 0.29) is 17.7 Å². The largest absolute Gasteiger partial charge is 0.370 e. The number of carbonyl (C=O) groups is 1. The minimum absolute atomic E-state index is 0.0357. The Morgan fingerprint density at radius 1 is 1.33 bits per heavy atom. The van der Waals surface area contributed by atoms with E-state index in [9.17, 15) is 4.79 Å². The van der Waals surface area contributed by atoms with Gasteiger partial charge >= 0.3 is 0 Å². The smallest absolute Gasteiger partial charge is 0.219 e. The summed E-state index contributed by atoms with van der Waals surface area (Å²) in [5.74, 6) is 0.357. The number of hydrogen-bond donors (Lipinski definition) is 2. The second-order valence-corrected chi connectivity index (χ2v) is 7.04. The maximum Gasteiger partial charge on any atom is 0.219 e. The lowest BCUT2D eigenvalue weighted by molar-refractivity contribution is -0.118. The maximum absolute atomic E-state index is 11.1. The summed E-state index contributed by atoms with van der Waals surface area (Å²) in [6.07, 6.45) is 3.74. The van der Waals surface area contributed by atoms with Crippen molar-refractivity contribution in [2.24, 2.45) is 5.73 Å². The van der Waals surface area contributed by atoms with Crippen LogP contribution in [-0.2, 0) is 10.2 Å². The van der Waals surface area contributed by atoms with Crippen LogP contribution < -0.4 is 11.1 Å². The first kappa shape index (κ1) is 15.3. The van der Waals surface area contributed by atoms with Crippen LogP contribution in [0.25, 0.3) is 5.52 Å². The standard InChI is InChI=1S/C15H23N5O/c1-14(2,3)11-8-10-13(17-6-7-20(10)19-11)18-15(4,5)9-12(16)21/h6-8H,9H2,1-5H3,(H2,16,21)(H,17,18). The quantitative estimate of drug-likeness (QED) is 0.902. The van der Waals surface area contributed by atoms with Gasteiger partial charge in [-0.2, -0.15) is 5.10 Å². The lowest BCUT2D eigenvalue weighted by Crippen LogP contribution is -2.36. The van der Waals surface area contributed by atoms with Gasteiger partial charge in [-0.3, -0.25) is 4.79 Å². The van der Waals surface area contributed by atoms with E-state index in [4.69, 9.17) is 5.73 Å². The third-order valence-corrected chi connectivity index (χ3v) is 3.23. The fraction of sp³-hybridized carbons (Fsp3) is 0.533. The monoisotopic (exact) mass is 289 g/mol. The molecule has 114 valence electrons. The molecule has 2 aromatic heterocycles. The van der Waals surface area contributed by atoms with Gasteiger partial charge in [-0.15, -0.1) is 0 Å².